The van der Waals surface area contributed by atoms with Crippen LogP contribution >= 0.6 is 23.2 Å². The quantitative estimate of drug-likeness (QED) is 0.724. The third kappa shape index (κ3) is 3.01. The van der Waals surface area contributed by atoms with Crippen molar-refractivity contribution >= 4 is 29.1 Å². The van der Waals surface area contributed by atoms with Gasteiger partial charge in [0, 0.05) is 6.61 Å². The first kappa shape index (κ1) is 11.1. The van der Waals surface area contributed by atoms with E-state index >= 15 is 0 Å². The van der Waals surface area contributed by atoms with Crippen molar-refractivity contribution in [3.05, 3.63) is 0 Å². The Morgan fingerprint density at radius 3 is 2.62 bits per heavy atom. The Kier molecular flexibility index (Phi) is 3.44. The fourth-order valence-corrected chi connectivity index (χ4v) is 1.33. The van der Waals surface area contributed by atoms with Crippen molar-refractivity contribution in [2.75, 3.05) is 6.61 Å². The molecule has 1 amide bonds. The minimum absolute atomic E-state index is 0.0318. The Morgan fingerprint density at radius 1 is 1.62 bits per heavy atom. The summed E-state index contributed by atoms with van der Waals surface area (Å²) in [5.41, 5.74) is 0. The minimum Gasteiger partial charge on any atom is -0.376 e. The Labute approximate surface area is 87.7 Å². The van der Waals surface area contributed by atoms with Crippen LogP contribution in [0.4, 0.5) is 0 Å². The highest BCUT2D eigenvalue weighted by Crippen LogP contribution is 2.21. The Balaban J connectivity index is 2.45. The van der Waals surface area contributed by atoms with Crippen molar-refractivity contribution in [3.63, 3.8) is 0 Å². The van der Waals surface area contributed by atoms with E-state index in [9.17, 15) is 4.79 Å². The molecular formula is C8H13Cl2NO2. The van der Waals surface area contributed by atoms with Gasteiger partial charge in [-0.05, 0) is 20.3 Å². The van der Waals surface area contributed by atoms with Gasteiger partial charge in [-0.25, -0.2) is 0 Å². The van der Waals surface area contributed by atoms with E-state index in [1.807, 2.05) is 6.92 Å². The highest BCUT2D eigenvalue weighted by atomic mass is 35.5. The largest absolute Gasteiger partial charge is 0.376 e. The third-order valence-corrected chi connectivity index (χ3v) is 2.43. The van der Waals surface area contributed by atoms with Gasteiger partial charge in [0.1, 0.15) is 0 Å². The first-order valence-corrected chi connectivity index (χ1v) is 4.97. The minimum atomic E-state index is -1.36. The van der Waals surface area contributed by atoms with Gasteiger partial charge in [-0.1, -0.05) is 23.2 Å². The molecule has 0 saturated carbocycles. The zero-order valence-electron chi connectivity index (χ0n) is 7.64. The number of alkyl halides is 2. The standard InChI is InChI=1S/C8H13Cl2NO2/c1-5-6(3-4-13-5)11-7(12)8(2,9)10/h5-6H,3-4H2,1-2H3,(H,11,12). The van der Waals surface area contributed by atoms with Crippen molar-refractivity contribution in [3.8, 4) is 0 Å². The molecule has 1 aliphatic heterocycles. The summed E-state index contributed by atoms with van der Waals surface area (Å²) >= 11 is 11.2. The lowest BCUT2D eigenvalue weighted by molar-refractivity contribution is -0.122. The Bertz CT molecular complexity index is 203. The van der Waals surface area contributed by atoms with Gasteiger partial charge >= 0.3 is 0 Å². The molecule has 1 rings (SSSR count). The monoisotopic (exact) mass is 225 g/mol. The van der Waals surface area contributed by atoms with Gasteiger partial charge in [0.15, 0.2) is 4.33 Å². The molecule has 1 N–H and O–H groups in total. The lowest BCUT2D eigenvalue weighted by Gasteiger charge is -2.20. The molecule has 5 heteroatoms. The first-order valence-electron chi connectivity index (χ1n) is 4.21. The maximum Gasteiger partial charge on any atom is 0.256 e. The van der Waals surface area contributed by atoms with Crippen LogP contribution in [0.1, 0.15) is 20.3 Å². The van der Waals surface area contributed by atoms with Crippen LogP contribution in [0.5, 0.6) is 0 Å². The fraction of sp³-hybridized carbons (Fsp3) is 0.875. The maximum atomic E-state index is 11.3. The SMILES string of the molecule is CC1OCCC1NC(=O)C(C)(Cl)Cl. The van der Waals surface area contributed by atoms with Gasteiger partial charge in [0.25, 0.3) is 5.91 Å². The van der Waals surface area contributed by atoms with Crippen LogP contribution in [-0.2, 0) is 9.53 Å². The number of ether oxygens (including phenoxy) is 1. The predicted octanol–water partition coefficient (Wildman–Crippen LogP) is 1.47. The molecule has 76 valence electrons. The van der Waals surface area contributed by atoms with Crippen LogP contribution in [0.25, 0.3) is 0 Å². The highest BCUT2D eigenvalue weighted by Gasteiger charge is 2.32. The van der Waals surface area contributed by atoms with Gasteiger partial charge in [-0.2, -0.15) is 0 Å². The molecule has 13 heavy (non-hydrogen) atoms. The summed E-state index contributed by atoms with van der Waals surface area (Å²) in [6, 6.07) is 0.0318. The highest BCUT2D eigenvalue weighted by molar-refractivity contribution is 6.57. The van der Waals surface area contributed by atoms with E-state index in [1.54, 1.807) is 0 Å². The summed E-state index contributed by atoms with van der Waals surface area (Å²) in [6.07, 6.45) is 0.858. The molecule has 0 aromatic heterocycles. The summed E-state index contributed by atoms with van der Waals surface area (Å²) in [7, 11) is 0. The molecule has 2 atom stereocenters. The van der Waals surface area contributed by atoms with Crippen molar-refractivity contribution in [1.29, 1.82) is 0 Å². The lowest BCUT2D eigenvalue weighted by Crippen LogP contribution is -2.45. The molecule has 1 heterocycles. The number of carbonyl (C=O) groups excluding carboxylic acids is 1. The smallest absolute Gasteiger partial charge is 0.256 e. The number of nitrogens with one attached hydrogen (secondary N) is 1. The molecular weight excluding hydrogens is 213 g/mol. The predicted molar refractivity (Wildman–Crippen MR) is 52.1 cm³/mol. The Morgan fingerprint density at radius 2 is 2.23 bits per heavy atom. The maximum absolute atomic E-state index is 11.3. The van der Waals surface area contributed by atoms with E-state index in [0.29, 0.717) is 6.61 Å². The zero-order valence-corrected chi connectivity index (χ0v) is 9.15. The second-order valence-corrected chi connectivity index (χ2v) is 5.04. The average Bonchev–Trinajstić information content (AvgIpc) is 2.34. The first-order chi connectivity index (χ1) is 5.91. The van der Waals surface area contributed by atoms with Crippen LogP contribution in [0, 0.1) is 0 Å². The molecule has 1 saturated heterocycles. The second-order valence-electron chi connectivity index (χ2n) is 3.33. The van der Waals surface area contributed by atoms with E-state index in [4.69, 9.17) is 27.9 Å². The molecule has 0 bridgehead atoms. The number of rotatable bonds is 2. The molecule has 0 aromatic carbocycles. The topological polar surface area (TPSA) is 38.3 Å². The normalized spacial score (nSPS) is 28.9. The van der Waals surface area contributed by atoms with Gasteiger partial charge < -0.3 is 10.1 Å². The lowest BCUT2D eigenvalue weighted by atomic mass is 10.1. The van der Waals surface area contributed by atoms with E-state index in [1.165, 1.54) is 6.92 Å². The van der Waals surface area contributed by atoms with E-state index in [0.717, 1.165) is 6.42 Å². The number of hydrogen-bond acceptors (Lipinski definition) is 2. The molecule has 0 radical (unpaired) electrons. The van der Waals surface area contributed by atoms with Crippen molar-refractivity contribution < 1.29 is 9.53 Å². The fourth-order valence-electron chi connectivity index (χ4n) is 1.22. The van der Waals surface area contributed by atoms with E-state index < -0.39 is 4.33 Å². The molecule has 3 nitrogen and oxygen atoms in total. The number of hydrogen-bond donors (Lipinski definition) is 1. The van der Waals surface area contributed by atoms with Gasteiger partial charge in [-0.15, -0.1) is 0 Å². The average molecular weight is 226 g/mol. The van der Waals surface area contributed by atoms with Crippen LogP contribution in [0.15, 0.2) is 0 Å². The number of halogens is 2. The van der Waals surface area contributed by atoms with Crippen LogP contribution in [0.2, 0.25) is 0 Å². The molecule has 0 spiro atoms. The van der Waals surface area contributed by atoms with E-state index in [2.05, 4.69) is 5.32 Å². The van der Waals surface area contributed by atoms with Crippen LogP contribution < -0.4 is 5.32 Å². The molecule has 0 aliphatic carbocycles. The summed E-state index contributed by atoms with van der Waals surface area (Å²) in [5.74, 6) is -0.363. The summed E-state index contributed by atoms with van der Waals surface area (Å²) in [6.45, 7) is 4.04. The van der Waals surface area contributed by atoms with Gasteiger partial charge in [0.05, 0.1) is 12.1 Å². The second kappa shape index (κ2) is 4.03. The number of carbonyl (C=O) groups is 1. The molecule has 0 aromatic rings. The van der Waals surface area contributed by atoms with Crippen molar-refractivity contribution in [1.82, 2.24) is 5.32 Å². The molecule has 1 aliphatic rings. The summed E-state index contributed by atoms with van der Waals surface area (Å²) in [5, 5.41) is 2.74. The van der Waals surface area contributed by atoms with Gasteiger partial charge in [-0.3, -0.25) is 4.79 Å². The number of amides is 1. The van der Waals surface area contributed by atoms with Gasteiger partial charge in [0.2, 0.25) is 0 Å². The van der Waals surface area contributed by atoms with Crippen LogP contribution in [0.3, 0.4) is 0 Å². The molecule has 1 fully saturated rings. The van der Waals surface area contributed by atoms with Crippen molar-refractivity contribution in [2.24, 2.45) is 0 Å². The third-order valence-electron chi connectivity index (χ3n) is 2.09. The molecule has 2 unspecified atom stereocenters. The van der Waals surface area contributed by atoms with Crippen LogP contribution in [-0.4, -0.2) is 29.0 Å². The zero-order chi connectivity index (χ0) is 10.1. The van der Waals surface area contributed by atoms with E-state index in [-0.39, 0.29) is 18.1 Å². The van der Waals surface area contributed by atoms with Crippen molar-refractivity contribution in [2.45, 2.75) is 36.7 Å². The Hall–Kier alpha value is 0.01000. The summed E-state index contributed by atoms with van der Waals surface area (Å²) in [4.78, 5) is 11.3. The summed E-state index contributed by atoms with van der Waals surface area (Å²) < 4.78 is 3.92.